The van der Waals surface area contributed by atoms with Gasteiger partial charge >= 0.3 is 11.9 Å². The standard InChI is InChI=1S/C12H16N2O4/c1-12(2,3)18-11(17)8-14-7-9(6-13-14)4-5-10(15)16/h4-7H,8H2,1-3H3,(H,15,16)/b5-4+. The first-order chi connectivity index (χ1) is 8.26. The summed E-state index contributed by atoms with van der Waals surface area (Å²) >= 11 is 0. The van der Waals surface area contributed by atoms with Crippen LogP contribution in [0, 0.1) is 0 Å². The molecule has 0 aromatic carbocycles. The number of esters is 1. The van der Waals surface area contributed by atoms with E-state index in [1.54, 1.807) is 27.0 Å². The highest BCUT2D eigenvalue weighted by Gasteiger charge is 2.16. The molecule has 98 valence electrons. The summed E-state index contributed by atoms with van der Waals surface area (Å²) in [7, 11) is 0. The van der Waals surface area contributed by atoms with Gasteiger partial charge in [0.2, 0.25) is 0 Å². The van der Waals surface area contributed by atoms with Gasteiger partial charge in [-0.25, -0.2) is 4.79 Å². The zero-order chi connectivity index (χ0) is 13.8. The minimum Gasteiger partial charge on any atom is -0.478 e. The zero-order valence-electron chi connectivity index (χ0n) is 10.6. The Labute approximate surface area is 105 Å². The number of carboxylic acid groups (broad SMARTS) is 1. The molecule has 0 bridgehead atoms. The molecule has 6 heteroatoms. The Bertz CT molecular complexity index is 469. The van der Waals surface area contributed by atoms with Gasteiger partial charge in [-0.2, -0.15) is 5.10 Å². The SMILES string of the molecule is CC(C)(C)OC(=O)Cn1cc(/C=C/C(=O)O)cn1. The number of hydrogen-bond acceptors (Lipinski definition) is 4. The number of aliphatic carboxylic acids is 1. The molecule has 1 aromatic rings. The average molecular weight is 252 g/mol. The molecule has 6 nitrogen and oxygen atoms in total. The molecule has 0 aliphatic carbocycles. The van der Waals surface area contributed by atoms with Crippen molar-refractivity contribution in [3.05, 3.63) is 24.0 Å². The fourth-order valence-corrected chi connectivity index (χ4v) is 1.23. The van der Waals surface area contributed by atoms with Gasteiger partial charge in [-0.05, 0) is 26.8 Å². The molecule has 0 saturated carbocycles. The van der Waals surface area contributed by atoms with Crippen LogP contribution in [-0.4, -0.2) is 32.4 Å². The molecule has 0 aliphatic rings. The van der Waals surface area contributed by atoms with E-state index in [9.17, 15) is 9.59 Å². The van der Waals surface area contributed by atoms with E-state index < -0.39 is 11.6 Å². The fourth-order valence-electron chi connectivity index (χ4n) is 1.23. The summed E-state index contributed by atoms with van der Waals surface area (Å²) < 4.78 is 6.54. The largest absolute Gasteiger partial charge is 0.478 e. The summed E-state index contributed by atoms with van der Waals surface area (Å²) in [6, 6.07) is 0. The van der Waals surface area contributed by atoms with Crippen LogP contribution in [0.2, 0.25) is 0 Å². The first kappa shape index (κ1) is 14.0. The van der Waals surface area contributed by atoms with Crippen LogP contribution in [0.25, 0.3) is 6.08 Å². The van der Waals surface area contributed by atoms with Gasteiger partial charge in [0.25, 0.3) is 0 Å². The summed E-state index contributed by atoms with van der Waals surface area (Å²) in [5.74, 6) is -1.42. The topological polar surface area (TPSA) is 81.4 Å². The molecule has 18 heavy (non-hydrogen) atoms. The molecule has 1 heterocycles. The molecule has 0 unspecified atom stereocenters. The van der Waals surface area contributed by atoms with Crippen LogP contribution in [0.4, 0.5) is 0 Å². The van der Waals surface area contributed by atoms with Gasteiger partial charge < -0.3 is 9.84 Å². The van der Waals surface area contributed by atoms with Crippen molar-refractivity contribution >= 4 is 18.0 Å². The van der Waals surface area contributed by atoms with Crippen molar-refractivity contribution < 1.29 is 19.4 Å². The van der Waals surface area contributed by atoms with Crippen molar-refractivity contribution in [3.8, 4) is 0 Å². The average Bonchev–Trinajstić information content (AvgIpc) is 2.59. The van der Waals surface area contributed by atoms with Crippen molar-refractivity contribution in [2.75, 3.05) is 0 Å². The second kappa shape index (κ2) is 5.48. The van der Waals surface area contributed by atoms with Crippen molar-refractivity contribution in [2.24, 2.45) is 0 Å². The summed E-state index contributed by atoms with van der Waals surface area (Å²) in [5.41, 5.74) is 0.0805. The third-order valence-electron chi connectivity index (χ3n) is 1.78. The third-order valence-corrected chi connectivity index (χ3v) is 1.78. The van der Waals surface area contributed by atoms with E-state index in [2.05, 4.69) is 5.10 Å². The number of hydrogen-bond donors (Lipinski definition) is 1. The van der Waals surface area contributed by atoms with Crippen LogP contribution >= 0.6 is 0 Å². The van der Waals surface area contributed by atoms with Crippen molar-refractivity contribution in [2.45, 2.75) is 32.9 Å². The molecule has 1 rings (SSSR count). The number of carbonyl (C=O) groups is 2. The number of carboxylic acids is 1. The molecule has 0 amide bonds. The number of aromatic nitrogens is 2. The normalized spacial score (nSPS) is 11.7. The maximum Gasteiger partial charge on any atom is 0.328 e. The van der Waals surface area contributed by atoms with Crippen molar-refractivity contribution in [3.63, 3.8) is 0 Å². The lowest BCUT2D eigenvalue weighted by Gasteiger charge is -2.19. The Morgan fingerprint density at radius 2 is 2.17 bits per heavy atom. The summed E-state index contributed by atoms with van der Waals surface area (Å²) in [5, 5.41) is 12.4. The van der Waals surface area contributed by atoms with Crippen LogP contribution in [0.15, 0.2) is 18.5 Å². The van der Waals surface area contributed by atoms with Gasteiger partial charge in [-0.3, -0.25) is 9.48 Å². The highest BCUT2D eigenvalue weighted by molar-refractivity contribution is 5.85. The molecule has 1 N–H and O–H groups in total. The van der Waals surface area contributed by atoms with Gasteiger partial charge in [-0.1, -0.05) is 0 Å². The Kier molecular flexibility index (Phi) is 4.25. The van der Waals surface area contributed by atoms with E-state index in [-0.39, 0.29) is 12.5 Å². The Balaban J connectivity index is 2.59. The molecule has 1 aromatic heterocycles. The van der Waals surface area contributed by atoms with E-state index in [4.69, 9.17) is 9.84 Å². The smallest absolute Gasteiger partial charge is 0.328 e. The molecule has 0 atom stereocenters. The molecular formula is C12H16N2O4. The predicted octanol–water partition coefficient (Wildman–Crippen LogP) is 1.32. The van der Waals surface area contributed by atoms with Crippen LogP contribution in [-0.2, 0) is 20.9 Å². The zero-order valence-corrected chi connectivity index (χ0v) is 10.6. The van der Waals surface area contributed by atoms with Crippen LogP contribution in [0.3, 0.4) is 0 Å². The second-order valence-electron chi connectivity index (χ2n) is 4.73. The minimum atomic E-state index is -1.03. The van der Waals surface area contributed by atoms with Crippen molar-refractivity contribution in [1.82, 2.24) is 9.78 Å². The fraction of sp³-hybridized carbons (Fsp3) is 0.417. The molecule has 0 radical (unpaired) electrons. The lowest BCUT2D eigenvalue weighted by molar-refractivity contribution is -0.155. The van der Waals surface area contributed by atoms with Gasteiger partial charge in [0.1, 0.15) is 12.1 Å². The predicted molar refractivity (Wildman–Crippen MR) is 64.7 cm³/mol. The maximum atomic E-state index is 11.5. The number of nitrogens with zero attached hydrogens (tertiary/aromatic N) is 2. The molecule has 0 aliphatic heterocycles. The number of ether oxygens (including phenoxy) is 1. The van der Waals surface area contributed by atoms with Crippen LogP contribution in [0.5, 0.6) is 0 Å². The van der Waals surface area contributed by atoms with E-state index in [1.165, 1.54) is 17.0 Å². The third kappa shape index (κ3) is 5.29. The van der Waals surface area contributed by atoms with Crippen LogP contribution in [0.1, 0.15) is 26.3 Å². The highest BCUT2D eigenvalue weighted by atomic mass is 16.6. The summed E-state index contributed by atoms with van der Waals surface area (Å²) in [6.45, 7) is 5.36. The van der Waals surface area contributed by atoms with Gasteiger partial charge in [-0.15, -0.1) is 0 Å². The first-order valence-electron chi connectivity index (χ1n) is 5.41. The van der Waals surface area contributed by atoms with E-state index in [0.717, 1.165) is 6.08 Å². The monoisotopic (exact) mass is 252 g/mol. The Morgan fingerprint density at radius 1 is 1.50 bits per heavy atom. The second-order valence-corrected chi connectivity index (χ2v) is 4.73. The van der Waals surface area contributed by atoms with Gasteiger partial charge in [0, 0.05) is 17.8 Å². The van der Waals surface area contributed by atoms with E-state index in [1.807, 2.05) is 0 Å². The molecule has 0 saturated heterocycles. The van der Waals surface area contributed by atoms with E-state index in [0.29, 0.717) is 5.56 Å². The van der Waals surface area contributed by atoms with Gasteiger partial charge in [0.15, 0.2) is 0 Å². The molecule has 0 spiro atoms. The number of rotatable bonds is 4. The maximum absolute atomic E-state index is 11.5. The van der Waals surface area contributed by atoms with Crippen LogP contribution < -0.4 is 0 Å². The Morgan fingerprint density at radius 3 is 2.72 bits per heavy atom. The quantitative estimate of drug-likeness (QED) is 0.645. The van der Waals surface area contributed by atoms with E-state index >= 15 is 0 Å². The first-order valence-corrected chi connectivity index (χ1v) is 5.41. The van der Waals surface area contributed by atoms with Crippen molar-refractivity contribution in [1.29, 1.82) is 0 Å². The number of carbonyl (C=O) groups excluding carboxylic acids is 1. The Hall–Kier alpha value is -2.11. The summed E-state index contributed by atoms with van der Waals surface area (Å²) in [4.78, 5) is 21.8. The highest BCUT2D eigenvalue weighted by Crippen LogP contribution is 2.08. The molecule has 0 fully saturated rings. The summed E-state index contributed by atoms with van der Waals surface area (Å²) in [6.07, 6.45) is 5.46. The van der Waals surface area contributed by atoms with Gasteiger partial charge in [0.05, 0.1) is 6.20 Å². The lowest BCUT2D eigenvalue weighted by Crippen LogP contribution is -2.26. The lowest BCUT2D eigenvalue weighted by atomic mass is 10.2. The minimum absolute atomic E-state index is 0.00180. The molecular weight excluding hydrogens is 236 g/mol.